The first kappa shape index (κ1) is 13.3. The Morgan fingerprint density at radius 1 is 1.30 bits per heavy atom. The second-order valence-corrected chi connectivity index (χ2v) is 6.28. The van der Waals surface area contributed by atoms with Gasteiger partial charge >= 0.3 is 0 Å². The third kappa shape index (κ3) is 2.92. The van der Waals surface area contributed by atoms with Crippen LogP contribution in [0.2, 0.25) is 0 Å². The zero-order chi connectivity index (χ0) is 13.9. The number of thiazole rings is 1. The van der Waals surface area contributed by atoms with E-state index in [2.05, 4.69) is 59.2 Å². The van der Waals surface area contributed by atoms with E-state index in [-0.39, 0.29) is 0 Å². The number of hydrogen-bond donors (Lipinski definition) is 1. The fourth-order valence-corrected chi connectivity index (χ4v) is 2.91. The maximum absolute atomic E-state index is 4.35. The van der Waals surface area contributed by atoms with Crippen molar-refractivity contribution in [3.8, 4) is 0 Å². The topological polar surface area (TPSA) is 29.9 Å². The number of fused-ring (bicyclic) bond motifs is 1. The van der Waals surface area contributed by atoms with Crippen LogP contribution in [0, 0.1) is 0 Å². The molecule has 0 bridgehead atoms. The second-order valence-electron chi connectivity index (χ2n) is 5.30. The van der Waals surface area contributed by atoms with Crippen LogP contribution in [0.25, 0.3) is 10.9 Å². The zero-order valence-electron chi connectivity index (χ0n) is 11.8. The summed E-state index contributed by atoms with van der Waals surface area (Å²) < 4.78 is 2.26. The molecule has 0 saturated carbocycles. The predicted molar refractivity (Wildman–Crippen MR) is 85.1 cm³/mol. The first-order valence-electron chi connectivity index (χ1n) is 6.92. The summed E-state index contributed by atoms with van der Waals surface area (Å²) in [5.74, 6) is 0. The van der Waals surface area contributed by atoms with Crippen molar-refractivity contribution in [2.24, 2.45) is 0 Å². The monoisotopic (exact) mass is 285 g/mol. The Kier molecular flexibility index (Phi) is 3.85. The molecule has 3 nitrogen and oxygen atoms in total. The van der Waals surface area contributed by atoms with E-state index in [1.807, 2.05) is 11.6 Å². The van der Waals surface area contributed by atoms with E-state index in [1.54, 1.807) is 11.3 Å². The molecule has 0 saturated heterocycles. The van der Waals surface area contributed by atoms with Gasteiger partial charge in [-0.15, -0.1) is 11.3 Å². The van der Waals surface area contributed by atoms with Crippen LogP contribution in [-0.4, -0.2) is 15.6 Å². The van der Waals surface area contributed by atoms with Gasteiger partial charge in [-0.3, -0.25) is 0 Å². The van der Waals surface area contributed by atoms with Gasteiger partial charge in [0.25, 0.3) is 0 Å². The number of benzene rings is 1. The molecule has 104 valence electrons. The van der Waals surface area contributed by atoms with Gasteiger partial charge in [-0.1, -0.05) is 19.9 Å². The summed E-state index contributed by atoms with van der Waals surface area (Å²) in [6.45, 7) is 6.11. The van der Waals surface area contributed by atoms with Crippen LogP contribution >= 0.6 is 11.3 Å². The lowest BCUT2D eigenvalue weighted by molar-refractivity contribution is 0.589. The Balaban J connectivity index is 1.82. The van der Waals surface area contributed by atoms with E-state index in [9.17, 15) is 0 Å². The summed E-state index contributed by atoms with van der Waals surface area (Å²) in [5, 5.41) is 7.92. The molecule has 0 aliphatic heterocycles. The van der Waals surface area contributed by atoms with Crippen molar-refractivity contribution < 1.29 is 0 Å². The highest BCUT2D eigenvalue weighted by Crippen LogP contribution is 2.19. The number of rotatable bonds is 5. The normalized spacial score (nSPS) is 11.6. The molecule has 0 aliphatic carbocycles. The molecule has 0 spiro atoms. The Morgan fingerprint density at radius 3 is 2.95 bits per heavy atom. The van der Waals surface area contributed by atoms with E-state index in [4.69, 9.17) is 0 Å². The maximum atomic E-state index is 4.35. The minimum absolute atomic E-state index is 0.514. The fourth-order valence-electron chi connectivity index (χ4n) is 2.30. The Labute approximate surface area is 123 Å². The smallest absolute Gasteiger partial charge is 0.112 e. The van der Waals surface area contributed by atoms with Gasteiger partial charge in [-0.25, -0.2) is 4.98 Å². The van der Waals surface area contributed by atoms with Crippen molar-refractivity contribution >= 4 is 22.2 Å². The summed E-state index contributed by atoms with van der Waals surface area (Å²) >= 11 is 1.70. The zero-order valence-corrected chi connectivity index (χ0v) is 12.7. The third-order valence-electron chi connectivity index (χ3n) is 3.34. The van der Waals surface area contributed by atoms with Gasteiger partial charge < -0.3 is 9.88 Å². The SMILES string of the molecule is CC(C)NCc1ccc2c(ccn2Cc2nccs2)c1. The molecule has 3 rings (SSSR count). The second kappa shape index (κ2) is 5.77. The van der Waals surface area contributed by atoms with Crippen molar-refractivity contribution in [2.75, 3.05) is 0 Å². The number of nitrogens with zero attached hydrogens (tertiary/aromatic N) is 2. The van der Waals surface area contributed by atoms with E-state index in [0.717, 1.165) is 18.1 Å². The summed E-state index contributed by atoms with van der Waals surface area (Å²) in [4.78, 5) is 4.35. The first-order chi connectivity index (χ1) is 9.72. The van der Waals surface area contributed by atoms with Crippen molar-refractivity contribution in [3.05, 3.63) is 52.6 Å². The Hall–Kier alpha value is -1.65. The molecule has 3 aromatic rings. The van der Waals surface area contributed by atoms with Gasteiger partial charge in [0.15, 0.2) is 0 Å². The number of nitrogens with one attached hydrogen (secondary N) is 1. The quantitative estimate of drug-likeness (QED) is 0.775. The van der Waals surface area contributed by atoms with Crippen LogP contribution in [-0.2, 0) is 13.1 Å². The molecule has 2 heterocycles. The molecular weight excluding hydrogens is 266 g/mol. The molecular formula is C16H19N3S. The molecule has 1 N–H and O–H groups in total. The molecule has 4 heteroatoms. The molecule has 0 amide bonds. The van der Waals surface area contributed by atoms with Gasteiger partial charge in [0.2, 0.25) is 0 Å². The minimum atomic E-state index is 0.514. The van der Waals surface area contributed by atoms with Crippen molar-refractivity contribution in [1.29, 1.82) is 0 Å². The highest BCUT2D eigenvalue weighted by molar-refractivity contribution is 7.09. The first-order valence-corrected chi connectivity index (χ1v) is 7.80. The van der Waals surface area contributed by atoms with Gasteiger partial charge in [0, 0.05) is 35.9 Å². The fraction of sp³-hybridized carbons (Fsp3) is 0.312. The molecule has 1 aromatic carbocycles. The lowest BCUT2D eigenvalue weighted by Gasteiger charge is -2.08. The van der Waals surface area contributed by atoms with Crippen molar-refractivity contribution in [1.82, 2.24) is 14.9 Å². The largest absolute Gasteiger partial charge is 0.341 e. The van der Waals surface area contributed by atoms with E-state index in [0.29, 0.717) is 6.04 Å². The van der Waals surface area contributed by atoms with Gasteiger partial charge in [0.05, 0.1) is 6.54 Å². The van der Waals surface area contributed by atoms with E-state index < -0.39 is 0 Å². The summed E-state index contributed by atoms with van der Waals surface area (Å²) in [6, 6.07) is 9.38. The standard InChI is InChI=1S/C16H19N3S/c1-12(2)18-10-13-3-4-15-14(9-13)5-7-19(15)11-16-17-6-8-20-16/h3-9,12,18H,10-11H2,1-2H3. The molecule has 0 radical (unpaired) electrons. The van der Waals surface area contributed by atoms with E-state index in [1.165, 1.54) is 16.5 Å². The predicted octanol–water partition coefficient (Wildman–Crippen LogP) is 3.64. The molecule has 0 atom stereocenters. The molecule has 0 aliphatic rings. The van der Waals surface area contributed by atoms with Gasteiger partial charge in [-0.05, 0) is 29.1 Å². The Bertz CT molecular complexity index is 683. The van der Waals surface area contributed by atoms with Crippen LogP contribution in [0.3, 0.4) is 0 Å². The van der Waals surface area contributed by atoms with E-state index >= 15 is 0 Å². The van der Waals surface area contributed by atoms with Crippen LogP contribution in [0.4, 0.5) is 0 Å². The highest BCUT2D eigenvalue weighted by Gasteiger charge is 2.04. The minimum Gasteiger partial charge on any atom is -0.341 e. The maximum Gasteiger partial charge on any atom is 0.112 e. The lowest BCUT2D eigenvalue weighted by Crippen LogP contribution is -2.21. The van der Waals surface area contributed by atoms with Crippen LogP contribution in [0.1, 0.15) is 24.4 Å². The van der Waals surface area contributed by atoms with Gasteiger partial charge in [-0.2, -0.15) is 0 Å². The molecule has 0 fully saturated rings. The summed E-state index contributed by atoms with van der Waals surface area (Å²) in [5.41, 5.74) is 2.60. The van der Waals surface area contributed by atoms with Crippen molar-refractivity contribution in [2.45, 2.75) is 33.0 Å². The molecule has 20 heavy (non-hydrogen) atoms. The summed E-state index contributed by atoms with van der Waals surface area (Å²) in [7, 11) is 0. The van der Waals surface area contributed by atoms with Gasteiger partial charge in [0.1, 0.15) is 5.01 Å². The van der Waals surface area contributed by atoms with Crippen LogP contribution in [0.5, 0.6) is 0 Å². The average molecular weight is 285 g/mol. The summed E-state index contributed by atoms with van der Waals surface area (Å²) in [6.07, 6.45) is 4.01. The average Bonchev–Trinajstić information content (AvgIpc) is 3.07. The molecule has 0 unspecified atom stereocenters. The van der Waals surface area contributed by atoms with Crippen LogP contribution < -0.4 is 5.32 Å². The van der Waals surface area contributed by atoms with Crippen molar-refractivity contribution in [3.63, 3.8) is 0 Å². The lowest BCUT2D eigenvalue weighted by atomic mass is 10.1. The highest BCUT2D eigenvalue weighted by atomic mass is 32.1. The number of aromatic nitrogens is 2. The Morgan fingerprint density at radius 2 is 2.20 bits per heavy atom. The van der Waals surface area contributed by atoms with Crippen LogP contribution in [0.15, 0.2) is 42.0 Å². The molecule has 2 aromatic heterocycles. The third-order valence-corrected chi connectivity index (χ3v) is 4.10. The number of hydrogen-bond acceptors (Lipinski definition) is 3.